The fraction of sp³-hybridized carbons (Fsp3) is 0.550. The molecule has 0 aromatic heterocycles. The molecule has 0 bridgehead atoms. The summed E-state index contributed by atoms with van der Waals surface area (Å²) >= 11 is 0. The van der Waals surface area contributed by atoms with Gasteiger partial charge < -0.3 is 20.0 Å². The van der Waals surface area contributed by atoms with Gasteiger partial charge in [-0.25, -0.2) is 0 Å². The largest absolute Gasteiger partial charge is 0.338 e. The second-order valence-electron chi connectivity index (χ2n) is 6.94. The van der Waals surface area contributed by atoms with Gasteiger partial charge in [0.2, 0.25) is 5.91 Å². The normalized spacial score (nSPS) is 11.6. The standard InChI is InChI=1S/C20H32N4O3/c1-7-24(8-2)19(27)14-22(5)13-18(26)23(6)12-17(25)21-20-15(3)10-9-11-16(20)4/h9-11H,7-8,12-14H2,1-6H3,(H,21,25)/p+1. The molecule has 7 nitrogen and oxygen atoms in total. The Balaban J connectivity index is 2.54. The third-order valence-corrected chi connectivity index (χ3v) is 4.57. The van der Waals surface area contributed by atoms with Gasteiger partial charge in [-0.15, -0.1) is 0 Å². The lowest BCUT2D eigenvalue weighted by Gasteiger charge is -2.23. The van der Waals surface area contributed by atoms with Crippen LogP contribution in [-0.4, -0.2) is 74.3 Å². The number of aryl methyl sites for hydroxylation is 2. The van der Waals surface area contributed by atoms with E-state index in [-0.39, 0.29) is 37.4 Å². The average molecular weight is 378 g/mol. The van der Waals surface area contributed by atoms with Gasteiger partial charge in [0.05, 0.1) is 13.6 Å². The van der Waals surface area contributed by atoms with Crippen LogP contribution in [0.2, 0.25) is 0 Å². The molecule has 3 amide bonds. The predicted octanol–water partition coefficient (Wildman–Crippen LogP) is 0.0834. The minimum atomic E-state index is -0.236. The summed E-state index contributed by atoms with van der Waals surface area (Å²) in [6, 6.07) is 5.81. The number of nitrogens with one attached hydrogen (secondary N) is 2. The van der Waals surface area contributed by atoms with Gasteiger partial charge in [-0.3, -0.25) is 14.4 Å². The van der Waals surface area contributed by atoms with Crippen LogP contribution in [0.5, 0.6) is 0 Å². The predicted molar refractivity (Wildman–Crippen MR) is 107 cm³/mol. The summed E-state index contributed by atoms with van der Waals surface area (Å²) < 4.78 is 0. The van der Waals surface area contributed by atoms with Crippen LogP contribution in [0.15, 0.2) is 18.2 Å². The molecule has 0 aliphatic heterocycles. The van der Waals surface area contributed by atoms with Crippen LogP contribution < -0.4 is 10.2 Å². The fourth-order valence-corrected chi connectivity index (χ4v) is 2.90. The molecule has 27 heavy (non-hydrogen) atoms. The molecule has 0 aliphatic carbocycles. The molecule has 0 aliphatic rings. The third-order valence-electron chi connectivity index (χ3n) is 4.57. The van der Waals surface area contributed by atoms with E-state index in [9.17, 15) is 14.4 Å². The van der Waals surface area contributed by atoms with Crippen LogP contribution in [0.3, 0.4) is 0 Å². The lowest BCUT2D eigenvalue weighted by atomic mass is 10.1. The number of hydrogen-bond acceptors (Lipinski definition) is 3. The van der Waals surface area contributed by atoms with E-state index in [1.165, 1.54) is 4.90 Å². The number of carbonyl (C=O) groups is 3. The zero-order valence-corrected chi connectivity index (χ0v) is 17.4. The number of carbonyl (C=O) groups excluding carboxylic acids is 3. The van der Waals surface area contributed by atoms with Gasteiger partial charge in [0, 0.05) is 25.8 Å². The van der Waals surface area contributed by atoms with E-state index in [1.807, 2.05) is 52.9 Å². The fourth-order valence-electron chi connectivity index (χ4n) is 2.90. The highest BCUT2D eigenvalue weighted by atomic mass is 16.2. The van der Waals surface area contributed by atoms with Crippen molar-refractivity contribution in [3.05, 3.63) is 29.3 Å². The van der Waals surface area contributed by atoms with Crippen LogP contribution in [0.25, 0.3) is 0 Å². The summed E-state index contributed by atoms with van der Waals surface area (Å²) in [7, 11) is 3.41. The molecule has 1 aromatic rings. The number of nitrogens with zero attached hydrogens (tertiary/aromatic N) is 2. The first kappa shape index (κ1) is 22.6. The lowest BCUT2D eigenvalue weighted by Crippen LogP contribution is -3.11. The van der Waals surface area contributed by atoms with Crippen LogP contribution in [0.4, 0.5) is 5.69 Å². The number of rotatable bonds is 9. The van der Waals surface area contributed by atoms with E-state index in [2.05, 4.69) is 5.32 Å². The Morgan fingerprint density at radius 2 is 1.52 bits per heavy atom. The number of anilines is 1. The topological polar surface area (TPSA) is 74.2 Å². The molecule has 1 rings (SSSR count). The summed E-state index contributed by atoms with van der Waals surface area (Å²) in [6.45, 7) is 9.46. The summed E-state index contributed by atoms with van der Waals surface area (Å²) in [4.78, 5) is 40.7. The molecule has 150 valence electrons. The molecule has 1 unspecified atom stereocenters. The molecule has 0 fully saturated rings. The van der Waals surface area contributed by atoms with Gasteiger partial charge in [0.1, 0.15) is 0 Å². The van der Waals surface area contributed by atoms with Crippen LogP contribution in [0.1, 0.15) is 25.0 Å². The summed E-state index contributed by atoms with van der Waals surface area (Å²) in [5.41, 5.74) is 2.75. The van der Waals surface area contributed by atoms with Crippen molar-refractivity contribution in [1.82, 2.24) is 9.80 Å². The van der Waals surface area contributed by atoms with Crippen LogP contribution >= 0.6 is 0 Å². The molecule has 0 spiro atoms. The maximum absolute atomic E-state index is 12.4. The second kappa shape index (κ2) is 10.7. The first-order valence-corrected chi connectivity index (χ1v) is 9.38. The molecule has 7 heteroatoms. The molecule has 1 aromatic carbocycles. The van der Waals surface area contributed by atoms with Crippen molar-refractivity contribution in [2.75, 3.05) is 52.1 Å². The highest BCUT2D eigenvalue weighted by Crippen LogP contribution is 2.19. The maximum atomic E-state index is 12.4. The Kier molecular flexibility index (Phi) is 8.94. The van der Waals surface area contributed by atoms with Crippen LogP contribution in [0, 0.1) is 13.8 Å². The van der Waals surface area contributed by atoms with Gasteiger partial charge in [0.15, 0.2) is 13.1 Å². The molecule has 2 N–H and O–H groups in total. The Morgan fingerprint density at radius 1 is 1.00 bits per heavy atom. The van der Waals surface area contributed by atoms with Crippen molar-refractivity contribution in [2.45, 2.75) is 27.7 Å². The van der Waals surface area contributed by atoms with Crippen molar-refractivity contribution < 1.29 is 19.3 Å². The Morgan fingerprint density at radius 3 is 2.04 bits per heavy atom. The SMILES string of the molecule is CCN(CC)C(=O)C[NH+](C)CC(=O)N(C)CC(=O)Nc1c(C)cccc1C. The smallest absolute Gasteiger partial charge is 0.277 e. The number of quaternary nitrogens is 1. The van der Waals surface area contributed by atoms with E-state index in [1.54, 1.807) is 11.9 Å². The van der Waals surface area contributed by atoms with Crippen molar-refractivity contribution in [2.24, 2.45) is 0 Å². The van der Waals surface area contributed by atoms with Crippen LogP contribution in [-0.2, 0) is 14.4 Å². The molecule has 1 atom stereocenters. The molecular weight excluding hydrogens is 344 g/mol. The summed E-state index contributed by atoms with van der Waals surface area (Å²) in [6.07, 6.45) is 0. The third kappa shape index (κ3) is 7.02. The van der Waals surface area contributed by atoms with Crippen molar-refractivity contribution >= 4 is 23.4 Å². The number of amides is 3. The number of benzene rings is 1. The number of likely N-dealkylation sites (N-methyl/N-ethyl adjacent to an activating group) is 3. The molecular formula is C20H33N4O3+. The molecule has 0 heterocycles. The zero-order chi connectivity index (χ0) is 20.6. The minimum Gasteiger partial charge on any atom is -0.338 e. The number of hydrogen-bond donors (Lipinski definition) is 2. The Labute approximate surface area is 162 Å². The van der Waals surface area contributed by atoms with Gasteiger partial charge in [-0.2, -0.15) is 0 Å². The highest BCUT2D eigenvalue weighted by Gasteiger charge is 2.21. The van der Waals surface area contributed by atoms with E-state index in [0.717, 1.165) is 21.7 Å². The minimum absolute atomic E-state index is 0.0239. The first-order valence-electron chi connectivity index (χ1n) is 9.38. The first-order chi connectivity index (χ1) is 12.7. The molecule has 0 saturated heterocycles. The summed E-state index contributed by atoms with van der Waals surface area (Å²) in [5.74, 6) is -0.377. The van der Waals surface area contributed by atoms with E-state index >= 15 is 0 Å². The second-order valence-corrected chi connectivity index (χ2v) is 6.94. The van der Waals surface area contributed by atoms with Gasteiger partial charge in [0.25, 0.3) is 11.8 Å². The van der Waals surface area contributed by atoms with E-state index in [4.69, 9.17) is 0 Å². The van der Waals surface area contributed by atoms with E-state index < -0.39 is 0 Å². The number of para-hydroxylation sites is 1. The average Bonchev–Trinajstić information content (AvgIpc) is 2.59. The van der Waals surface area contributed by atoms with E-state index in [0.29, 0.717) is 13.1 Å². The Bertz CT molecular complexity index is 651. The monoisotopic (exact) mass is 377 g/mol. The quantitative estimate of drug-likeness (QED) is 0.640. The zero-order valence-electron chi connectivity index (χ0n) is 17.4. The van der Waals surface area contributed by atoms with Crippen molar-refractivity contribution in [3.63, 3.8) is 0 Å². The molecule has 0 saturated carbocycles. The van der Waals surface area contributed by atoms with Gasteiger partial charge >= 0.3 is 0 Å². The van der Waals surface area contributed by atoms with Crippen molar-refractivity contribution in [1.29, 1.82) is 0 Å². The van der Waals surface area contributed by atoms with Crippen molar-refractivity contribution in [3.8, 4) is 0 Å². The summed E-state index contributed by atoms with van der Waals surface area (Å²) in [5, 5.41) is 2.88. The molecule has 0 radical (unpaired) electrons. The highest BCUT2D eigenvalue weighted by molar-refractivity contribution is 5.95. The Hall–Kier alpha value is -2.41. The lowest BCUT2D eigenvalue weighted by molar-refractivity contribution is -0.863. The maximum Gasteiger partial charge on any atom is 0.277 e. The van der Waals surface area contributed by atoms with Gasteiger partial charge in [-0.05, 0) is 38.8 Å². The van der Waals surface area contributed by atoms with Gasteiger partial charge in [-0.1, -0.05) is 18.2 Å².